The van der Waals surface area contributed by atoms with Crippen LogP contribution in [0.3, 0.4) is 0 Å². The number of rotatable bonds is 2. The molecule has 2 aromatic rings. The lowest BCUT2D eigenvalue weighted by molar-refractivity contribution is -0.143. The summed E-state index contributed by atoms with van der Waals surface area (Å²) in [5, 5.41) is 11.8. The number of carbonyl (C=O) groups is 1. The van der Waals surface area contributed by atoms with Crippen molar-refractivity contribution in [2.24, 2.45) is 0 Å². The van der Waals surface area contributed by atoms with Gasteiger partial charge in [-0.3, -0.25) is 4.79 Å². The Morgan fingerprint density at radius 3 is 2.65 bits per heavy atom. The van der Waals surface area contributed by atoms with Gasteiger partial charge in [0.05, 0.1) is 12.5 Å². The van der Waals surface area contributed by atoms with Crippen molar-refractivity contribution in [1.82, 2.24) is 0 Å². The van der Waals surface area contributed by atoms with Gasteiger partial charge in [-0.15, -0.1) is 0 Å². The van der Waals surface area contributed by atoms with E-state index in [1.165, 1.54) is 0 Å². The third-order valence-corrected chi connectivity index (χ3v) is 4.51. The molecule has 1 atom stereocenters. The van der Waals surface area contributed by atoms with Gasteiger partial charge in [0.15, 0.2) is 0 Å². The molecule has 1 unspecified atom stereocenters. The summed E-state index contributed by atoms with van der Waals surface area (Å²) in [5.74, 6) is 0.00418. The number of aryl methyl sites for hydroxylation is 1. The van der Waals surface area contributed by atoms with Crippen molar-refractivity contribution < 1.29 is 14.6 Å². The van der Waals surface area contributed by atoms with Gasteiger partial charge >= 0.3 is 5.97 Å². The van der Waals surface area contributed by atoms with Crippen LogP contribution in [0.1, 0.15) is 30.9 Å². The van der Waals surface area contributed by atoms with Gasteiger partial charge in [-0.25, -0.2) is 0 Å². The molecule has 104 valence electrons. The van der Waals surface area contributed by atoms with Crippen LogP contribution < -0.4 is 4.74 Å². The molecular formula is C17H18O3. The zero-order valence-corrected chi connectivity index (χ0v) is 11.8. The molecule has 0 radical (unpaired) electrons. The van der Waals surface area contributed by atoms with E-state index in [0.717, 1.165) is 40.5 Å². The minimum absolute atomic E-state index is 0.677. The number of ether oxygens (including phenoxy) is 1. The Kier molecular flexibility index (Phi) is 2.93. The summed E-state index contributed by atoms with van der Waals surface area (Å²) >= 11 is 0. The summed E-state index contributed by atoms with van der Waals surface area (Å²) in [6, 6.07) is 9.99. The normalized spacial score (nSPS) is 21.5. The minimum Gasteiger partial charge on any atom is -0.496 e. The molecule has 0 fully saturated rings. The molecule has 1 aliphatic rings. The van der Waals surface area contributed by atoms with Crippen LogP contribution in [0.5, 0.6) is 5.75 Å². The Morgan fingerprint density at radius 1 is 1.30 bits per heavy atom. The number of benzene rings is 2. The lowest BCUT2D eigenvalue weighted by Gasteiger charge is -2.33. The Hall–Kier alpha value is -2.03. The number of carboxylic acids is 1. The first kappa shape index (κ1) is 13.0. The van der Waals surface area contributed by atoms with Crippen LogP contribution in [-0.4, -0.2) is 18.2 Å². The van der Waals surface area contributed by atoms with E-state index in [9.17, 15) is 9.90 Å². The number of methoxy groups -OCH3 is 1. The van der Waals surface area contributed by atoms with Crippen molar-refractivity contribution in [2.75, 3.05) is 7.11 Å². The lowest BCUT2D eigenvalue weighted by Crippen LogP contribution is -2.36. The molecule has 1 N–H and O–H groups in total. The molecule has 0 bridgehead atoms. The van der Waals surface area contributed by atoms with Gasteiger partial charge in [0.1, 0.15) is 5.75 Å². The van der Waals surface area contributed by atoms with Crippen LogP contribution in [-0.2, 0) is 16.6 Å². The summed E-state index contributed by atoms with van der Waals surface area (Å²) in [5.41, 5.74) is 1.26. The SMILES string of the molecule is COc1cc2c(c3ccccc13)CCCC2(C)C(=O)O. The van der Waals surface area contributed by atoms with E-state index < -0.39 is 11.4 Å². The number of fused-ring (bicyclic) bond motifs is 3. The highest BCUT2D eigenvalue weighted by atomic mass is 16.5. The molecule has 0 saturated heterocycles. The third kappa shape index (κ3) is 1.69. The molecule has 20 heavy (non-hydrogen) atoms. The summed E-state index contributed by atoms with van der Waals surface area (Å²) in [6.45, 7) is 1.82. The van der Waals surface area contributed by atoms with Crippen molar-refractivity contribution in [1.29, 1.82) is 0 Å². The molecule has 1 aliphatic carbocycles. The Balaban J connectivity index is 2.38. The predicted octanol–water partition coefficient (Wildman–Crippen LogP) is 3.53. The zero-order chi connectivity index (χ0) is 14.3. The second-order valence-corrected chi connectivity index (χ2v) is 5.64. The predicted molar refractivity (Wildman–Crippen MR) is 78.4 cm³/mol. The van der Waals surface area contributed by atoms with Crippen LogP contribution in [0.4, 0.5) is 0 Å². The fourth-order valence-corrected chi connectivity index (χ4v) is 3.31. The van der Waals surface area contributed by atoms with E-state index >= 15 is 0 Å². The first-order valence-electron chi connectivity index (χ1n) is 6.90. The maximum absolute atomic E-state index is 11.7. The highest BCUT2D eigenvalue weighted by Gasteiger charge is 2.40. The second kappa shape index (κ2) is 4.51. The van der Waals surface area contributed by atoms with Crippen LogP contribution in [0.15, 0.2) is 30.3 Å². The number of hydrogen-bond acceptors (Lipinski definition) is 2. The maximum atomic E-state index is 11.7. The first-order chi connectivity index (χ1) is 9.58. The summed E-state index contributed by atoms with van der Waals surface area (Å²) in [4.78, 5) is 11.7. The van der Waals surface area contributed by atoms with Gasteiger partial charge in [0.2, 0.25) is 0 Å². The molecule has 0 heterocycles. The number of carboxylic acid groups (broad SMARTS) is 1. The molecular weight excluding hydrogens is 252 g/mol. The van der Waals surface area contributed by atoms with Crippen molar-refractivity contribution in [3.8, 4) is 5.75 Å². The highest BCUT2D eigenvalue weighted by Crippen LogP contribution is 2.43. The van der Waals surface area contributed by atoms with E-state index in [2.05, 4.69) is 6.07 Å². The van der Waals surface area contributed by atoms with Gasteiger partial charge in [-0.1, -0.05) is 24.3 Å². The lowest BCUT2D eigenvalue weighted by atomic mass is 9.70. The third-order valence-electron chi connectivity index (χ3n) is 4.51. The molecule has 0 spiro atoms. The van der Waals surface area contributed by atoms with Gasteiger partial charge in [0.25, 0.3) is 0 Å². The van der Waals surface area contributed by atoms with E-state index in [-0.39, 0.29) is 0 Å². The quantitative estimate of drug-likeness (QED) is 0.908. The molecule has 0 saturated carbocycles. The summed E-state index contributed by atoms with van der Waals surface area (Å²) < 4.78 is 5.47. The van der Waals surface area contributed by atoms with Gasteiger partial charge in [-0.2, -0.15) is 0 Å². The van der Waals surface area contributed by atoms with Crippen LogP contribution in [0, 0.1) is 0 Å². The van der Waals surface area contributed by atoms with Crippen molar-refractivity contribution in [3.05, 3.63) is 41.5 Å². The van der Waals surface area contributed by atoms with Crippen LogP contribution in [0.25, 0.3) is 10.8 Å². The fraction of sp³-hybridized carbons (Fsp3) is 0.353. The van der Waals surface area contributed by atoms with E-state index in [4.69, 9.17) is 4.74 Å². The average Bonchev–Trinajstić information content (AvgIpc) is 2.47. The van der Waals surface area contributed by atoms with Crippen molar-refractivity contribution in [2.45, 2.75) is 31.6 Å². The molecule has 0 aromatic heterocycles. The van der Waals surface area contributed by atoms with E-state index in [0.29, 0.717) is 6.42 Å². The molecule has 2 aromatic carbocycles. The summed E-state index contributed by atoms with van der Waals surface area (Å²) in [6.07, 6.45) is 2.52. The van der Waals surface area contributed by atoms with Crippen LogP contribution in [0.2, 0.25) is 0 Å². The van der Waals surface area contributed by atoms with Crippen molar-refractivity contribution >= 4 is 16.7 Å². The minimum atomic E-state index is -0.815. The number of hydrogen-bond donors (Lipinski definition) is 1. The van der Waals surface area contributed by atoms with Gasteiger partial charge in [0, 0.05) is 5.39 Å². The Bertz CT molecular complexity index is 690. The standard InChI is InChI=1S/C17H18O3/c1-17(16(18)19)9-5-8-12-11-6-3-4-7-13(11)15(20-2)10-14(12)17/h3-4,6-7,10H,5,8-9H2,1-2H3,(H,18,19). The Labute approximate surface area is 118 Å². The topological polar surface area (TPSA) is 46.5 Å². The molecule has 0 amide bonds. The molecule has 3 heteroatoms. The largest absolute Gasteiger partial charge is 0.496 e. The average molecular weight is 270 g/mol. The maximum Gasteiger partial charge on any atom is 0.313 e. The Morgan fingerprint density at radius 2 is 2.00 bits per heavy atom. The van der Waals surface area contributed by atoms with Crippen LogP contribution >= 0.6 is 0 Å². The van der Waals surface area contributed by atoms with Gasteiger partial charge < -0.3 is 9.84 Å². The zero-order valence-electron chi connectivity index (χ0n) is 11.8. The fourth-order valence-electron chi connectivity index (χ4n) is 3.31. The van der Waals surface area contributed by atoms with Gasteiger partial charge in [-0.05, 0) is 48.8 Å². The smallest absolute Gasteiger partial charge is 0.313 e. The monoisotopic (exact) mass is 270 g/mol. The highest BCUT2D eigenvalue weighted by molar-refractivity contribution is 5.95. The van der Waals surface area contributed by atoms with E-state index in [1.54, 1.807) is 7.11 Å². The molecule has 3 rings (SSSR count). The second-order valence-electron chi connectivity index (χ2n) is 5.64. The molecule has 3 nitrogen and oxygen atoms in total. The summed E-state index contributed by atoms with van der Waals surface area (Å²) in [7, 11) is 1.63. The first-order valence-corrected chi connectivity index (χ1v) is 6.90. The molecule has 0 aliphatic heterocycles. The number of aliphatic carboxylic acids is 1. The van der Waals surface area contributed by atoms with E-state index in [1.807, 2.05) is 31.2 Å². The van der Waals surface area contributed by atoms with Crippen molar-refractivity contribution in [3.63, 3.8) is 0 Å².